The van der Waals surface area contributed by atoms with Crippen LogP contribution in [0.25, 0.3) is 0 Å². The van der Waals surface area contributed by atoms with Crippen LogP contribution in [-0.4, -0.2) is 15.2 Å². The Morgan fingerprint density at radius 1 is 1.25 bits per heavy atom. The van der Waals surface area contributed by atoms with Crippen molar-refractivity contribution >= 4 is 23.4 Å². The van der Waals surface area contributed by atoms with Crippen LogP contribution in [0.4, 0.5) is 0 Å². The number of hydrogen-bond donors (Lipinski definition) is 0. The van der Waals surface area contributed by atoms with Gasteiger partial charge in [0.25, 0.3) is 0 Å². The standard InChI is InChI=1S/C12H19ClN2S/c1-8(2)5-10-6-11(13)15-12(14-10)7-16-9(3)4/h6,8-9H,5,7H2,1-4H3. The third-order valence-electron chi connectivity index (χ3n) is 1.96. The minimum Gasteiger partial charge on any atom is -0.237 e. The van der Waals surface area contributed by atoms with Crippen molar-refractivity contribution in [1.29, 1.82) is 0 Å². The van der Waals surface area contributed by atoms with Crippen LogP contribution in [0.3, 0.4) is 0 Å². The Kier molecular flexibility index (Phi) is 5.56. The zero-order valence-corrected chi connectivity index (χ0v) is 11.9. The van der Waals surface area contributed by atoms with E-state index in [2.05, 4.69) is 37.7 Å². The van der Waals surface area contributed by atoms with Gasteiger partial charge in [-0.15, -0.1) is 0 Å². The summed E-state index contributed by atoms with van der Waals surface area (Å²) in [6.45, 7) is 8.70. The van der Waals surface area contributed by atoms with Crippen LogP contribution >= 0.6 is 23.4 Å². The van der Waals surface area contributed by atoms with E-state index < -0.39 is 0 Å². The molecule has 0 aliphatic carbocycles. The molecule has 0 spiro atoms. The lowest BCUT2D eigenvalue weighted by molar-refractivity contribution is 0.632. The Balaban J connectivity index is 2.73. The van der Waals surface area contributed by atoms with E-state index >= 15 is 0 Å². The maximum atomic E-state index is 5.99. The van der Waals surface area contributed by atoms with Crippen LogP contribution in [0, 0.1) is 5.92 Å². The number of rotatable bonds is 5. The highest BCUT2D eigenvalue weighted by molar-refractivity contribution is 7.99. The quantitative estimate of drug-likeness (QED) is 0.748. The molecule has 0 saturated carbocycles. The molecule has 4 heteroatoms. The Hall–Kier alpha value is -0.280. The van der Waals surface area contributed by atoms with Crippen molar-refractivity contribution in [3.63, 3.8) is 0 Å². The molecule has 1 aromatic rings. The molecular weight excluding hydrogens is 240 g/mol. The summed E-state index contributed by atoms with van der Waals surface area (Å²) in [7, 11) is 0. The normalized spacial score (nSPS) is 11.4. The van der Waals surface area contributed by atoms with Crippen LogP contribution in [0.15, 0.2) is 6.07 Å². The predicted molar refractivity (Wildman–Crippen MR) is 72.0 cm³/mol. The second-order valence-electron chi connectivity index (χ2n) is 4.56. The Bertz CT molecular complexity index is 340. The van der Waals surface area contributed by atoms with Crippen molar-refractivity contribution in [2.75, 3.05) is 0 Å². The SMILES string of the molecule is CC(C)Cc1cc(Cl)nc(CSC(C)C)n1. The number of nitrogens with zero attached hydrogens (tertiary/aromatic N) is 2. The van der Waals surface area contributed by atoms with Crippen molar-refractivity contribution in [1.82, 2.24) is 9.97 Å². The fourth-order valence-corrected chi connectivity index (χ4v) is 2.18. The first-order valence-electron chi connectivity index (χ1n) is 5.61. The maximum absolute atomic E-state index is 5.99. The second kappa shape index (κ2) is 6.45. The molecule has 0 fully saturated rings. The van der Waals surface area contributed by atoms with E-state index in [1.165, 1.54) is 0 Å². The van der Waals surface area contributed by atoms with Gasteiger partial charge >= 0.3 is 0 Å². The first-order valence-corrected chi connectivity index (χ1v) is 7.04. The van der Waals surface area contributed by atoms with Gasteiger partial charge in [-0.1, -0.05) is 39.3 Å². The minimum atomic E-state index is 0.560. The van der Waals surface area contributed by atoms with Gasteiger partial charge in [-0.25, -0.2) is 9.97 Å². The lowest BCUT2D eigenvalue weighted by Gasteiger charge is -2.08. The van der Waals surface area contributed by atoms with E-state index in [1.54, 1.807) is 0 Å². The summed E-state index contributed by atoms with van der Waals surface area (Å²) < 4.78 is 0. The summed E-state index contributed by atoms with van der Waals surface area (Å²) in [6.07, 6.45) is 0.960. The molecule has 0 aromatic carbocycles. The summed E-state index contributed by atoms with van der Waals surface area (Å²) in [5, 5.41) is 1.15. The molecule has 0 unspecified atom stereocenters. The maximum Gasteiger partial charge on any atom is 0.140 e. The molecule has 0 bridgehead atoms. The highest BCUT2D eigenvalue weighted by Gasteiger charge is 2.06. The molecule has 1 aromatic heterocycles. The molecule has 0 aliphatic heterocycles. The van der Waals surface area contributed by atoms with Gasteiger partial charge in [0, 0.05) is 5.69 Å². The van der Waals surface area contributed by atoms with Crippen LogP contribution in [0.2, 0.25) is 5.15 Å². The molecule has 1 rings (SSSR count). The van der Waals surface area contributed by atoms with Gasteiger partial charge in [0.1, 0.15) is 11.0 Å². The number of aromatic nitrogens is 2. The average molecular weight is 259 g/mol. The lowest BCUT2D eigenvalue weighted by atomic mass is 10.1. The Morgan fingerprint density at radius 3 is 2.50 bits per heavy atom. The van der Waals surface area contributed by atoms with E-state index in [9.17, 15) is 0 Å². The summed E-state index contributed by atoms with van der Waals surface area (Å²) in [5.41, 5.74) is 1.05. The Morgan fingerprint density at radius 2 is 1.94 bits per heavy atom. The van der Waals surface area contributed by atoms with Crippen molar-refractivity contribution in [2.45, 2.75) is 45.1 Å². The second-order valence-corrected chi connectivity index (χ2v) is 6.51. The monoisotopic (exact) mass is 258 g/mol. The smallest absolute Gasteiger partial charge is 0.140 e. The fraction of sp³-hybridized carbons (Fsp3) is 0.667. The highest BCUT2D eigenvalue weighted by atomic mass is 35.5. The van der Waals surface area contributed by atoms with Crippen molar-refractivity contribution in [2.24, 2.45) is 5.92 Å². The molecule has 0 aliphatic rings. The zero-order valence-electron chi connectivity index (χ0n) is 10.3. The lowest BCUT2D eigenvalue weighted by Crippen LogP contribution is -2.03. The molecule has 0 atom stereocenters. The molecular formula is C12H19ClN2S. The van der Waals surface area contributed by atoms with Crippen LogP contribution in [0.1, 0.15) is 39.2 Å². The van der Waals surface area contributed by atoms with Gasteiger partial charge in [-0.3, -0.25) is 0 Å². The third-order valence-corrected chi connectivity index (χ3v) is 3.24. The van der Waals surface area contributed by atoms with Gasteiger partial charge in [0.2, 0.25) is 0 Å². The fourth-order valence-electron chi connectivity index (χ4n) is 1.34. The predicted octanol–water partition coefficient (Wildman–Crippen LogP) is 3.97. The van der Waals surface area contributed by atoms with E-state index in [4.69, 9.17) is 11.6 Å². The molecule has 0 saturated heterocycles. The van der Waals surface area contributed by atoms with E-state index in [-0.39, 0.29) is 0 Å². The van der Waals surface area contributed by atoms with E-state index in [1.807, 2.05) is 17.8 Å². The molecule has 0 amide bonds. The molecule has 90 valence electrons. The van der Waals surface area contributed by atoms with Crippen molar-refractivity contribution in [3.8, 4) is 0 Å². The van der Waals surface area contributed by atoms with Gasteiger partial charge in [0.05, 0.1) is 5.75 Å². The first-order chi connectivity index (χ1) is 7.47. The van der Waals surface area contributed by atoms with Crippen molar-refractivity contribution < 1.29 is 0 Å². The van der Waals surface area contributed by atoms with Gasteiger partial charge in [-0.05, 0) is 23.7 Å². The average Bonchev–Trinajstić information content (AvgIpc) is 2.12. The highest BCUT2D eigenvalue weighted by Crippen LogP contribution is 2.17. The Labute approximate surface area is 107 Å². The first kappa shape index (κ1) is 13.8. The summed E-state index contributed by atoms with van der Waals surface area (Å²) in [5.74, 6) is 2.28. The molecule has 0 N–H and O–H groups in total. The van der Waals surface area contributed by atoms with Gasteiger partial charge < -0.3 is 0 Å². The van der Waals surface area contributed by atoms with Crippen molar-refractivity contribution in [3.05, 3.63) is 22.7 Å². The summed E-state index contributed by atoms with van der Waals surface area (Å²) in [6, 6.07) is 1.87. The topological polar surface area (TPSA) is 25.8 Å². The number of hydrogen-bond acceptors (Lipinski definition) is 3. The summed E-state index contributed by atoms with van der Waals surface area (Å²) >= 11 is 7.83. The third kappa shape index (κ3) is 5.17. The van der Waals surface area contributed by atoms with Crippen LogP contribution in [0.5, 0.6) is 0 Å². The number of halogens is 1. The van der Waals surface area contributed by atoms with E-state index in [0.717, 1.165) is 23.7 Å². The van der Waals surface area contributed by atoms with E-state index in [0.29, 0.717) is 16.3 Å². The molecule has 16 heavy (non-hydrogen) atoms. The molecule has 2 nitrogen and oxygen atoms in total. The number of thioether (sulfide) groups is 1. The van der Waals surface area contributed by atoms with Gasteiger partial charge in [0.15, 0.2) is 0 Å². The minimum absolute atomic E-state index is 0.560. The van der Waals surface area contributed by atoms with Gasteiger partial charge in [-0.2, -0.15) is 11.8 Å². The van der Waals surface area contributed by atoms with Crippen LogP contribution < -0.4 is 0 Å². The zero-order chi connectivity index (χ0) is 12.1. The molecule has 0 radical (unpaired) electrons. The summed E-state index contributed by atoms with van der Waals surface area (Å²) in [4.78, 5) is 8.78. The van der Waals surface area contributed by atoms with Crippen LogP contribution in [-0.2, 0) is 12.2 Å². The molecule has 1 heterocycles. The largest absolute Gasteiger partial charge is 0.237 e.